The summed E-state index contributed by atoms with van der Waals surface area (Å²) >= 11 is 1.30. The summed E-state index contributed by atoms with van der Waals surface area (Å²) in [4.78, 5) is 12.7. The van der Waals surface area contributed by atoms with Crippen LogP contribution in [0.15, 0.2) is 60.3 Å². The van der Waals surface area contributed by atoms with E-state index in [9.17, 15) is 10.1 Å². The molecule has 0 aliphatic heterocycles. The molecule has 0 bridgehead atoms. The summed E-state index contributed by atoms with van der Waals surface area (Å²) < 4.78 is 8.07. The van der Waals surface area contributed by atoms with Crippen molar-refractivity contribution in [3.05, 3.63) is 76.4 Å². The number of carbonyl (C=O) groups excluding carboxylic acids is 1. The van der Waals surface area contributed by atoms with Crippen LogP contribution in [0.2, 0.25) is 0 Å². The normalized spacial score (nSPS) is 12.3. The first-order chi connectivity index (χ1) is 17.5. The largest absolute Gasteiger partial charge is 0.492 e. The van der Waals surface area contributed by atoms with Gasteiger partial charge in [-0.2, -0.15) is 5.26 Å². The fourth-order valence-corrected chi connectivity index (χ4v) is 4.56. The first kappa shape index (κ1) is 25.1. The zero-order valence-electron chi connectivity index (χ0n) is 20.7. The molecular weight excluding hydrogens is 470 g/mol. The molecule has 4 rings (SSSR count). The van der Waals surface area contributed by atoms with Crippen LogP contribution in [0, 0.1) is 11.3 Å². The first-order valence-electron chi connectivity index (χ1n) is 12.1. The molecule has 0 fully saturated rings. The van der Waals surface area contributed by atoms with Crippen LogP contribution in [0.5, 0.6) is 5.75 Å². The molecule has 0 aliphatic rings. The molecule has 1 atom stereocenters. The third-order valence-electron chi connectivity index (χ3n) is 6.14. The molecule has 1 unspecified atom stereocenters. The molecule has 0 spiro atoms. The van der Waals surface area contributed by atoms with Gasteiger partial charge in [-0.15, -0.1) is 10.2 Å². The van der Waals surface area contributed by atoms with Crippen LogP contribution in [0.3, 0.4) is 0 Å². The van der Waals surface area contributed by atoms with Gasteiger partial charge in [0.05, 0.1) is 6.54 Å². The van der Waals surface area contributed by atoms with E-state index >= 15 is 0 Å². The Hall–Kier alpha value is -3.96. The van der Waals surface area contributed by atoms with Crippen molar-refractivity contribution < 1.29 is 9.53 Å². The Balaban J connectivity index is 1.49. The molecule has 4 aromatic rings. The zero-order chi connectivity index (χ0) is 25.5. The average molecular weight is 500 g/mol. The second-order valence-corrected chi connectivity index (χ2v) is 9.56. The summed E-state index contributed by atoms with van der Waals surface area (Å²) in [7, 11) is 0. The maximum atomic E-state index is 12.7. The number of benzene rings is 2. The summed E-state index contributed by atoms with van der Waals surface area (Å²) in [5.74, 6) is 0.867. The topological polar surface area (TPSA) is 92.8 Å². The van der Waals surface area contributed by atoms with E-state index in [-0.39, 0.29) is 5.57 Å². The predicted molar refractivity (Wildman–Crippen MR) is 144 cm³/mol. The van der Waals surface area contributed by atoms with Gasteiger partial charge in [0.1, 0.15) is 29.0 Å². The fraction of sp³-hybridized carbons (Fsp3) is 0.286. The lowest BCUT2D eigenvalue weighted by Crippen LogP contribution is -2.13. The highest BCUT2D eigenvalue weighted by Crippen LogP contribution is 2.25. The molecule has 1 N–H and O–H groups in total. The summed E-state index contributed by atoms with van der Waals surface area (Å²) in [6, 6.07) is 18.2. The highest BCUT2D eigenvalue weighted by molar-refractivity contribution is 7.15. The fourth-order valence-electron chi connectivity index (χ4n) is 3.88. The highest BCUT2D eigenvalue weighted by atomic mass is 32.1. The summed E-state index contributed by atoms with van der Waals surface area (Å²) in [5.41, 5.74) is 3.12. The number of ether oxygens (including phenoxy) is 1. The van der Waals surface area contributed by atoms with E-state index in [1.54, 1.807) is 6.08 Å². The summed E-state index contributed by atoms with van der Waals surface area (Å²) in [6.45, 7) is 7.50. The zero-order valence-corrected chi connectivity index (χ0v) is 21.5. The van der Waals surface area contributed by atoms with Crippen LogP contribution in [-0.2, 0) is 17.8 Å². The van der Waals surface area contributed by atoms with E-state index in [1.165, 1.54) is 16.9 Å². The van der Waals surface area contributed by atoms with Gasteiger partial charge in [-0.25, -0.2) is 0 Å². The van der Waals surface area contributed by atoms with E-state index in [0.29, 0.717) is 24.2 Å². The summed E-state index contributed by atoms with van der Waals surface area (Å²) in [6.07, 6.45) is 5.41. The quantitative estimate of drug-likeness (QED) is 0.207. The Morgan fingerprint density at radius 1 is 1.19 bits per heavy atom. The molecule has 2 aromatic carbocycles. The maximum Gasteiger partial charge on any atom is 0.268 e. The molecule has 184 valence electrons. The van der Waals surface area contributed by atoms with E-state index in [0.717, 1.165) is 40.1 Å². The number of fused-ring (bicyclic) bond motifs is 1. The van der Waals surface area contributed by atoms with Crippen molar-refractivity contribution in [3.63, 3.8) is 0 Å². The Morgan fingerprint density at radius 2 is 1.97 bits per heavy atom. The van der Waals surface area contributed by atoms with E-state index in [4.69, 9.17) is 4.74 Å². The Bertz CT molecular complexity index is 1410. The number of para-hydroxylation sites is 1. The second-order valence-electron chi connectivity index (χ2n) is 8.50. The molecule has 0 aliphatic carbocycles. The van der Waals surface area contributed by atoms with E-state index in [2.05, 4.69) is 46.1 Å². The van der Waals surface area contributed by atoms with Crippen LogP contribution in [0.1, 0.15) is 49.2 Å². The smallest absolute Gasteiger partial charge is 0.268 e. The number of amides is 1. The van der Waals surface area contributed by atoms with Crippen LogP contribution in [0.4, 0.5) is 5.13 Å². The summed E-state index contributed by atoms with van der Waals surface area (Å²) in [5, 5.41) is 22.5. The standard InChI is InChI=1S/C28H29N5O2S/c1-4-19(3)20-10-12-23(13-11-20)35-15-14-33-18-22(24-8-6-7-9-25(24)33)16-21(17-29)27(34)30-28-32-31-26(5-2)36-28/h6-13,16,18-19H,4-5,14-15H2,1-3H3,(H,30,32,34). The van der Waals surface area contributed by atoms with Gasteiger partial charge in [-0.1, -0.05) is 62.4 Å². The van der Waals surface area contributed by atoms with E-state index < -0.39 is 5.91 Å². The van der Waals surface area contributed by atoms with Gasteiger partial charge in [0, 0.05) is 22.7 Å². The molecule has 1 amide bonds. The molecule has 2 aromatic heterocycles. The Morgan fingerprint density at radius 3 is 2.67 bits per heavy atom. The Kier molecular flexibility index (Phi) is 8.13. The lowest BCUT2D eigenvalue weighted by atomic mass is 9.99. The molecule has 36 heavy (non-hydrogen) atoms. The molecule has 8 heteroatoms. The number of aromatic nitrogens is 3. The molecule has 2 heterocycles. The minimum Gasteiger partial charge on any atom is -0.492 e. The third-order valence-corrected chi connectivity index (χ3v) is 7.12. The van der Waals surface area contributed by atoms with Gasteiger partial charge < -0.3 is 9.30 Å². The minimum atomic E-state index is -0.502. The number of aryl methyl sites for hydroxylation is 1. The lowest BCUT2D eigenvalue weighted by molar-refractivity contribution is -0.112. The number of hydrogen-bond donors (Lipinski definition) is 1. The number of nitriles is 1. The van der Waals surface area contributed by atoms with Crippen molar-refractivity contribution >= 4 is 39.4 Å². The van der Waals surface area contributed by atoms with Crippen molar-refractivity contribution in [2.45, 2.75) is 46.1 Å². The highest BCUT2D eigenvalue weighted by Gasteiger charge is 2.15. The lowest BCUT2D eigenvalue weighted by Gasteiger charge is -2.11. The maximum absolute atomic E-state index is 12.7. The van der Waals surface area contributed by atoms with Crippen LogP contribution >= 0.6 is 11.3 Å². The molecule has 0 saturated carbocycles. The Labute approximate surface area is 215 Å². The van der Waals surface area contributed by atoms with Crippen LogP contribution in [-0.4, -0.2) is 27.3 Å². The molecular formula is C28H29N5O2S. The van der Waals surface area contributed by atoms with E-state index in [1.807, 2.05) is 55.6 Å². The number of rotatable bonds is 10. The van der Waals surface area contributed by atoms with Crippen molar-refractivity contribution in [1.82, 2.24) is 14.8 Å². The van der Waals surface area contributed by atoms with Gasteiger partial charge in [-0.3, -0.25) is 10.1 Å². The number of carbonyl (C=O) groups is 1. The second kappa shape index (κ2) is 11.6. The minimum absolute atomic E-state index is 0.00352. The SMILES string of the molecule is CCc1nnc(NC(=O)C(C#N)=Cc2cn(CCOc3ccc(C(C)CC)cc3)c3ccccc23)s1. The monoisotopic (exact) mass is 499 g/mol. The molecule has 0 saturated heterocycles. The number of anilines is 1. The van der Waals surface area contributed by atoms with Crippen molar-refractivity contribution in [2.75, 3.05) is 11.9 Å². The predicted octanol–water partition coefficient (Wildman–Crippen LogP) is 6.19. The van der Waals surface area contributed by atoms with Crippen molar-refractivity contribution in [2.24, 2.45) is 0 Å². The van der Waals surface area contributed by atoms with Gasteiger partial charge in [-0.05, 0) is 48.6 Å². The number of nitrogens with one attached hydrogen (secondary N) is 1. The van der Waals surface area contributed by atoms with Gasteiger partial charge in [0.25, 0.3) is 5.91 Å². The van der Waals surface area contributed by atoms with Crippen molar-refractivity contribution in [1.29, 1.82) is 5.26 Å². The van der Waals surface area contributed by atoms with Gasteiger partial charge in [0.2, 0.25) is 5.13 Å². The van der Waals surface area contributed by atoms with Crippen molar-refractivity contribution in [3.8, 4) is 11.8 Å². The van der Waals surface area contributed by atoms with Crippen LogP contribution < -0.4 is 10.1 Å². The average Bonchev–Trinajstić information content (AvgIpc) is 3.51. The number of nitrogens with zero attached hydrogens (tertiary/aromatic N) is 4. The number of hydrogen-bond acceptors (Lipinski definition) is 6. The molecule has 0 radical (unpaired) electrons. The first-order valence-corrected chi connectivity index (χ1v) is 12.9. The third kappa shape index (κ3) is 5.81. The van der Waals surface area contributed by atoms with Crippen LogP contribution in [0.25, 0.3) is 17.0 Å². The van der Waals surface area contributed by atoms with Gasteiger partial charge >= 0.3 is 0 Å². The van der Waals surface area contributed by atoms with Gasteiger partial charge in [0.15, 0.2) is 0 Å². The molecule has 7 nitrogen and oxygen atoms in total.